The fourth-order valence-electron chi connectivity index (χ4n) is 1.23. The molecule has 0 spiro atoms. The van der Waals surface area contributed by atoms with Crippen molar-refractivity contribution in [1.82, 2.24) is 4.98 Å². The van der Waals surface area contributed by atoms with Gasteiger partial charge in [0.25, 0.3) is 0 Å². The van der Waals surface area contributed by atoms with Crippen LogP contribution in [0.1, 0.15) is 28.5 Å². The summed E-state index contributed by atoms with van der Waals surface area (Å²) in [5.74, 6) is 0. The van der Waals surface area contributed by atoms with Crippen molar-refractivity contribution in [3.8, 4) is 0 Å². The Morgan fingerprint density at radius 2 is 2.36 bits per heavy atom. The lowest BCUT2D eigenvalue weighted by Gasteiger charge is -2.03. The second-order valence-corrected chi connectivity index (χ2v) is 4.89. The fraction of sp³-hybridized carbons (Fsp3) is 0.300. The van der Waals surface area contributed by atoms with Gasteiger partial charge in [-0.1, -0.05) is 6.92 Å². The molecule has 0 amide bonds. The van der Waals surface area contributed by atoms with Crippen LogP contribution in [0.4, 0.5) is 0 Å². The number of aliphatic hydroxyl groups excluding tert-OH is 1. The molecule has 0 saturated carbocycles. The Morgan fingerprint density at radius 3 is 2.93 bits per heavy atom. The van der Waals surface area contributed by atoms with Crippen LogP contribution in [0.25, 0.3) is 0 Å². The molecule has 0 aliphatic heterocycles. The molecule has 0 radical (unpaired) electrons. The van der Waals surface area contributed by atoms with Crippen LogP contribution in [0.3, 0.4) is 0 Å². The first-order valence-corrected chi connectivity index (χ1v) is 6.22. The maximum Gasteiger partial charge on any atom is 0.131 e. The summed E-state index contributed by atoms with van der Waals surface area (Å²) in [6.07, 6.45) is 0.473. The van der Waals surface area contributed by atoms with Crippen LogP contribution in [0.5, 0.6) is 0 Å². The highest BCUT2D eigenvalue weighted by Crippen LogP contribution is 2.28. The zero-order valence-corrected chi connectivity index (χ0v) is 9.44. The molecule has 2 aromatic heterocycles. The van der Waals surface area contributed by atoms with E-state index < -0.39 is 6.10 Å². The maximum atomic E-state index is 9.94. The van der Waals surface area contributed by atoms with Crippen LogP contribution in [-0.2, 0) is 6.42 Å². The zero-order chi connectivity index (χ0) is 9.97. The van der Waals surface area contributed by atoms with Gasteiger partial charge in [-0.15, -0.1) is 22.7 Å². The molecule has 2 rings (SSSR count). The number of rotatable bonds is 3. The predicted molar refractivity (Wildman–Crippen MR) is 59.9 cm³/mol. The number of aryl methyl sites for hydroxylation is 1. The van der Waals surface area contributed by atoms with Crippen molar-refractivity contribution in [2.45, 2.75) is 19.4 Å². The topological polar surface area (TPSA) is 33.1 Å². The van der Waals surface area contributed by atoms with Crippen LogP contribution >= 0.6 is 22.7 Å². The molecule has 1 N–H and O–H groups in total. The Bertz CT molecular complexity index is 394. The molecule has 0 saturated heterocycles. The second-order valence-electron chi connectivity index (χ2n) is 2.97. The number of nitrogens with zero attached hydrogens (tertiary/aromatic N) is 1. The van der Waals surface area contributed by atoms with E-state index in [4.69, 9.17) is 0 Å². The van der Waals surface area contributed by atoms with E-state index in [-0.39, 0.29) is 0 Å². The predicted octanol–water partition coefficient (Wildman–Crippen LogP) is 2.85. The van der Waals surface area contributed by atoms with Crippen LogP contribution in [-0.4, -0.2) is 10.1 Å². The van der Waals surface area contributed by atoms with Gasteiger partial charge in [0, 0.05) is 15.1 Å². The third-order valence-corrected chi connectivity index (χ3v) is 3.92. The van der Waals surface area contributed by atoms with Crippen LogP contribution < -0.4 is 0 Å². The van der Waals surface area contributed by atoms with E-state index in [9.17, 15) is 5.11 Å². The SMILES string of the molecule is CCc1ccc(C(O)c2cscn2)s1. The minimum Gasteiger partial charge on any atom is -0.381 e. The van der Waals surface area contributed by atoms with Crippen molar-refractivity contribution < 1.29 is 5.11 Å². The lowest BCUT2D eigenvalue weighted by Crippen LogP contribution is -1.96. The van der Waals surface area contributed by atoms with Gasteiger partial charge in [-0.05, 0) is 18.6 Å². The van der Waals surface area contributed by atoms with Gasteiger partial charge >= 0.3 is 0 Å². The van der Waals surface area contributed by atoms with E-state index in [1.165, 1.54) is 16.2 Å². The van der Waals surface area contributed by atoms with E-state index in [1.54, 1.807) is 16.8 Å². The molecule has 0 aromatic carbocycles. The first-order valence-electron chi connectivity index (χ1n) is 4.46. The average Bonchev–Trinajstić information content (AvgIpc) is 2.88. The molecule has 2 heterocycles. The summed E-state index contributed by atoms with van der Waals surface area (Å²) in [6, 6.07) is 4.04. The molecule has 0 fully saturated rings. The van der Waals surface area contributed by atoms with Crippen molar-refractivity contribution in [2.75, 3.05) is 0 Å². The number of thiophene rings is 1. The van der Waals surface area contributed by atoms with Crippen molar-refractivity contribution in [3.63, 3.8) is 0 Å². The van der Waals surface area contributed by atoms with Gasteiger partial charge in [0.05, 0.1) is 11.2 Å². The van der Waals surface area contributed by atoms with Crippen LogP contribution in [0.15, 0.2) is 23.0 Å². The monoisotopic (exact) mass is 225 g/mol. The second kappa shape index (κ2) is 4.21. The van der Waals surface area contributed by atoms with Gasteiger partial charge in [-0.2, -0.15) is 0 Å². The quantitative estimate of drug-likeness (QED) is 0.871. The maximum absolute atomic E-state index is 9.94. The van der Waals surface area contributed by atoms with Gasteiger partial charge in [0.15, 0.2) is 0 Å². The Hall–Kier alpha value is -0.710. The van der Waals surface area contributed by atoms with Crippen molar-refractivity contribution in [1.29, 1.82) is 0 Å². The van der Waals surface area contributed by atoms with E-state index >= 15 is 0 Å². The molecule has 74 valence electrons. The average molecular weight is 225 g/mol. The summed E-state index contributed by atoms with van der Waals surface area (Å²) in [4.78, 5) is 6.38. The highest BCUT2D eigenvalue weighted by atomic mass is 32.1. The van der Waals surface area contributed by atoms with E-state index in [2.05, 4.69) is 18.0 Å². The molecular formula is C10H11NOS2. The number of aliphatic hydroxyl groups is 1. The Labute approximate surface area is 90.9 Å². The van der Waals surface area contributed by atoms with Gasteiger partial charge in [0.2, 0.25) is 0 Å². The van der Waals surface area contributed by atoms with Crippen LogP contribution in [0.2, 0.25) is 0 Å². The lowest BCUT2D eigenvalue weighted by atomic mass is 10.2. The Kier molecular flexibility index (Phi) is 2.96. The Morgan fingerprint density at radius 1 is 1.50 bits per heavy atom. The number of thiazole rings is 1. The summed E-state index contributed by atoms with van der Waals surface area (Å²) in [7, 11) is 0. The van der Waals surface area contributed by atoms with Crippen molar-refractivity contribution in [2.24, 2.45) is 0 Å². The number of hydrogen-bond donors (Lipinski definition) is 1. The van der Waals surface area contributed by atoms with E-state index in [1.807, 2.05) is 11.4 Å². The largest absolute Gasteiger partial charge is 0.381 e. The molecule has 1 unspecified atom stereocenters. The van der Waals surface area contributed by atoms with Crippen LogP contribution in [0, 0.1) is 0 Å². The summed E-state index contributed by atoms with van der Waals surface area (Å²) in [6.45, 7) is 2.12. The molecule has 0 aliphatic rings. The van der Waals surface area contributed by atoms with E-state index in [0.717, 1.165) is 17.0 Å². The first-order chi connectivity index (χ1) is 6.81. The minimum absolute atomic E-state index is 0.549. The number of aromatic nitrogens is 1. The smallest absolute Gasteiger partial charge is 0.131 e. The molecule has 0 bridgehead atoms. The standard InChI is InChI=1S/C10H11NOS2/c1-2-7-3-4-9(14-7)10(12)8-5-13-6-11-8/h3-6,10,12H,2H2,1H3. The molecule has 1 atom stereocenters. The molecular weight excluding hydrogens is 214 g/mol. The third kappa shape index (κ3) is 1.87. The molecule has 2 nitrogen and oxygen atoms in total. The van der Waals surface area contributed by atoms with Gasteiger partial charge in [0.1, 0.15) is 6.10 Å². The summed E-state index contributed by atoms with van der Waals surface area (Å²) in [5.41, 5.74) is 2.49. The Balaban J connectivity index is 2.23. The number of hydrogen-bond acceptors (Lipinski definition) is 4. The summed E-state index contributed by atoms with van der Waals surface area (Å²) >= 11 is 3.16. The van der Waals surface area contributed by atoms with Gasteiger partial charge in [-0.3, -0.25) is 0 Å². The summed E-state index contributed by atoms with van der Waals surface area (Å²) < 4.78 is 0. The third-order valence-electron chi connectivity index (χ3n) is 2.03. The fourth-order valence-corrected chi connectivity index (χ4v) is 2.76. The van der Waals surface area contributed by atoms with E-state index in [0.29, 0.717) is 0 Å². The van der Waals surface area contributed by atoms with Gasteiger partial charge in [-0.25, -0.2) is 4.98 Å². The highest BCUT2D eigenvalue weighted by Gasteiger charge is 2.13. The first kappa shape index (κ1) is 9.83. The lowest BCUT2D eigenvalue weighted by molar-refractivity contribution is 0.220. The van der Waals surface area contributed by atoms with Crippen molar-refractivity contribution >= 4 is 22.7 Å². The van der Waals surface area contributed by atoms with Gasteiger partial charge < -0.3 is 5.11 Å². The highest BCUT2D eigenvalue weighted by molar-refractivity contribution is 7.12. The van der Waals surface area contributed by atoms with Crippen molar-refractivity contribution in [3.05, 3.63) is 38.5 Å². The summed E-state index contributed by atoms with van der Waals surface area (Å²) in [5, 5.41) is 11.8. The molecule has 2 aromatic rings. The molecule has 0 aliphatic carbocycles. The normalized spacial score (nSPS) is 13.0. The molecule has 14 heavy (non-hydrogen) atoms. The minimum atomic E-state index is -0.549. The molecule has 4 heteroatoms. The zero-order valence-electron chi connectivity index (χ0n) is 7.80.